The van der Waals surface area contributed by atoms with Crippen LogP contribution in [0.15, 0.2) is 22.6 Å². The minimum atomic E-state index is -0.870. The number of aliphatic carboxylic acids is 1. The number of amides is 1. The molecule has 0 bridgehead atoms. The first-order chi connectivity index (χ1) is 9.86. The first-order valence-corrected chi connectivity index (χ1v) is 6.90. The van der Waals surface area contributed by atoms with E-state index in [2.05, 4.69) is 5.32 Å². The van der Waals surface area contributed by atoms with Gasteiger partial charge in [-0.3, -0.25) is 9.59 Å². The lowest BCUT2D eigenvalue weighted by Gasteiger charge is -2.10. The molecule has 0 aliphatic carbocycles. The summed E-state index contributed by atoms with van der Waals surface area (Å²) in [5.74, 6) is -0.942. The number of carbonyl (C=O) groups is 2. The predicted octanol–water partition coefficient (Wildman–Crippen LogP) is 3.03. The van der Waals surface area contributed by atoms with E-state index in [0.717, 1.165) is 16.5 Å². The van der Waals surface area contributed by atoms with Crippen LogP contribution in [0.25, 0.3) is 11.0 Å². The molecule has 0 saturated carbocycles. The number of fused-ring (bicyclic) bond motifs is 1. The van der Waals surface area contributed by atoms with Crippen LogP contribution < -0.4 is 5.32 Å². The molecule has 0 aliphatic rings. The van der Waals surface area contributed by atoms with E-state index >= 15 is 0 Å². The van der Waals surface area contributed by atoms with Crippen molar-refractivity contribution < 1.29 is 19.1 Å². The summed E-state index contributed by atoms with van der Waals surface area (Å²) in [7, 11) is 0. The molecular formula is C16H19NO4. The van der Waals surface area contributed by atoms with Gasteiger partial charge in [0, 0.05) is 17.8 Å². The summed E-state index contributed by atoms with van der Waals surface area (Å²) in [5, 5.41) is 12.3. The minimum absolute atomic E-state index is 0.0277. The predicted molar refractivity (Wildman–Crippen MR) is 79.5 cm³/mol. The zero-order valence-electron chi connectivity index (χ0n) is 12.4. The second-order valence-corrected chi connectivity index (χ2v) is 5.39. The second kappa shape index (κ2) is 5.99. The molecule has 21 heavy (non-hydrogen) atoms. The van der Waals surface area contributed by atoms with Crippen LogP contribution in [0.3, 0.4) is 0 Å². The lowest BCUT2D eigenvalue weighted by molar-refractivity contribution is -0.137. The number of nitrogens with one attached hydrogen (secondary N) is 1. The number of hydrogen-bond acceptors (Lipinski definition) is 3. The van der Waals surface area contributed by atoms with Gasteiger partial charge in [0.2, 0.25) is 0 Å². The lowest BCUT2D eigenvalue weighted by Crippen LogP contribution is -2.32. The summed E-state index contributed by atoms with van der Waals surface area (Å²) in [6, 6.07) is 5.39. The van der Waals surface area contributed by atoms with Crippen molar-refractivity contribution in [1.82, 2.24) is 5.32 Å². The fourth-order valence-corrected chi connectivity index (χ4v) is 2.12. The Hall–Kier alpha value is -2.30. The molecule has 2 aromatic rings. The highest BCUT2D eigenvalue weighted by Gasteiger charge is 2.15. The molecule has 0 spiro atoms. The Kier molecular flexibility index (Phi) is 4.31. The zero-order chi connectivity index (χ0) is 15.6. The van der Waals surface area contributed by atoms with Gasteiger partial charge in [0.15, 0.2) is 5.76 Å². The number of benzene rings is 1. The first-order valence-electron chi connectivity index (χ1n) is 6.90. The van der Waals surface area contributed by atoms with Crippen LogP contribution in [0.1, 0.15) is 41.4 Å². The van der Waals surface area contributed by atoms with Crippen LogP contribution in [0.5, 0.6) is 0 Å². The van der Waals surface area contributed by atoms with Gasteiger partial charge < -0.3 is 14.8 Å². The summed E-state index contributed by atoms with van der Waals surface area (Å²) in [4.78, 5) is 22.6. The van der Waals surface area contributed by atoms with Crippen molar-refractivity contribution in [3.05, 3.63) is 35.1 Å². The summed E-state index contributed by atoms with van der Waals surface area (Å²) >= 11 is 0. The fourth-order valence-electron chi connectivity index (χ4n) is 2.12. The fraction of sp³-hybridized carbons (Fsp3) is 0.375. The Morgan fingerprint density at radius 1 is 1.24 bits per heavy atom. The third-order valence-electron chi connectivity index (χ3n) is 3.53. The molecule has 1 aromatic heterocycles. The van der Waals surface area contributed by atoms with Crippen molar-refractivity contribution in [2.24, 2.45) is 0 Å². The summed E-state index contributed by atoms with van der Waals surface area (Å²) in [6.45, 7) is 5.78. The van der Waals surface area contributed by atoms with Crippen LogP contribution in [0.2, 0.25) is 0 Å². The molecule has 0 aliphatic heterocycles. The Morgan fingerprint density at radius 3 is 2.57 bits per heavy atom. The number of hydrogen-bond donors (Lipinski definition) is 2. The molecule has 0 radical (unpaired) electrons. The number of aryl methyl sites for hydroxylation is 2. The van der Waals surface area contributed by atoms with Crippen molar-refractivity contribution in [3.8, 4) is 0 Å². The van der Waals surface area contributed by atoms with Crippen molar-refractivity contribution in [2.45, 2.75) is 39.7 Å². The van der Waals surface area contributed by atoms with E-state index in [4.69, 9.17) is 9.52 Å². The van der Waals surface area contributed by atoms with Crippen molar-refractivity contribution >= 4 is 22.8 Å². The maximum Gasteiger partial charge on any atom is 0.303 e. The SMILES string of the molecule is Cc1cc2cc(C(=O)NC(C)CCC(=O)O)oc2cc1C. The van der Waals surface area contributed by atoms with Crippen molar-refractivity contribution in [2.75, 3.05) is 0 Å². The molecule has 2 rings (SSSR count). The van der Waals surface area contributed by atoms with Crippen molar-refractivity contribution in [3.63, 3.8) is 0 Å². The maximum atomic E-state index is 12.1. The molecule has 1 amide bonds. The van der Waals surface area contributed by atoms with Crippen LogP contribution in [0.4, 0.5) is 0 Å². The summed E-state index contributed by atoms with van der Waals surface area (Å²) < 4.78 is 5.56. The summed E-state index contributed by atoms with van der Waals surface area (Å²) in [6.07, 6.45) is 0.416. The number of carboxylic acid groups (broad SMARTS) is 1. The van der Waals surface area contributed by atoms with Crippen LogP contribution >= 0.6 is 0 Å². The van der Waals surface area contributed by atoms with E-state index in [1.807, 2.05) is 26.0 Å². The Bertz CT molecular complexity index is 648. The zero-order valence-corrected chi connectivity index (χ0v) is 12.4. The molecule has 0 fully saturated rings. The minimum Gasteiger partial charge on any atom is -0.481 e. The van der Waals surface area contributed by atoms with Crippen LogP contribution in [0, 0.1) is 13.8 Å². The van der Waals surface area contributed by atoms with E-state index < -0.39 is 5.97 Å². The van der Waals surface area contributed by atoms with Gasteiger partial charge in [-0.15, -0.1) is 0 Å². The highest BCUT2D eigenvalue weighted by molar-refractivity contribution is 5.96. The Morgan fingerprint density at radius 2 is 1.90 bits per heavy atom. The van der Waals surface area contributed by atoms with E-state index in [9.17, 15) is 9.59 Å². The highest BCUT2D eigenvalue weighted by atomic mass is 16.4. The van der Waals surface area contributed by atoms with Gasteiger partial charge in [-0.05, 0) is 56.5 Å². The molecule has 5 nitrogen and oxygen atoms in total. The van der Waals surface area contributed by atoms with Crippen molar-refractivity contribution in [1.29, 1.82) is 0 Å². The van der Waals surface area contributed by atoms with Gasteiger partial charge in [0.05, 0.1) is 0 Å². The molecular weight excluding hydrogens is 270 g/mol. The molecule has 2 N–H and O–H groups in total. The molecule has 1 heterocycles. The quantitative estimate of drug-likeness (QED) is 0.886. The number of furan rings is 1. The van der Waals surface area contributed by atoms with Gasteiger partial charge in [-0.25, -0.2) is 0 Å². The molecule has 1 unspecified atom stereocenters. The summed E-state index contributed by atoms with van der Waals surface area (Å²) in [5.41, 5.74) is 2.94. The average Bonchev–Trinajstić information content (AvgIpc) is 2.80. The van der Waals surface area contributed by atoms with E-state index in [1.165, 1.54) is 0 Å². The van der Waals surface area contributed by atoms with Gasteiger partial charge in [0.25, 0.3) is 5.91 Å². The van der Waals surface area contributed by atoms with Gasteiger partial charge in [-0.2, -0.15) is 0 Å². The van der Waals surface area contributed by atoms with E-state index in [-0.39, 0.29) is 24.1 Å². The monoisotopic (exact) mass is 289 g/mol. The number of rotatable bonds is 5. The second-order valence-electron chi connectivity index (χ2n) is 5.39. The third kappa shape index (κ3) is 3.62. The van der Waals surface area contributed by atoms with Gasteiger partial charge >= 0.3 is 5.97 Å². The molecule has 0 saturated heterocycles. The largest absolute Gasteiger partial charge is 0.481 e. The van der Waals surface area contributed by atoms with E-state index in [1.54, 1.807) is 13.0 Å². The maximum absolute atomic E-state index is 12.1. The van der Waals surface area contributed by atoms with Gasteiger partial charge in [0.1, 0.15) is 5.58 Å². The first kappa shape index (κ1) is 15.1. The smallest absolute Gasteiger partial charge is 0.303 e. The van der Waals surface area contributed by atoms with E-state index in [0.29, 0.717) is 12.0 Å². The molecule has 1 atom stereocenters. The normalized spacial score (nSPS) is 12.3. The topological polar surface area (TPSA) is 79.5 Å². The molecule has 5 heteroatoms. The average molecular weight is 289 g/mol. The molecule has 1 aromatic carbocycles. The number of carbonyl (C=O) groups excluding carboxylic acids is 1. The Labute approximate surface area is 122 Å². The van der Waals surface area contributed by atoms with Crippen LogP contribution in [-0.4, -0.2) is 23.0 Å². The standard InChI is InChI=1S/C16H19NO4/c1-9-6-12-8-14(21-13(12)7-10(9)2)16(20)17-11(3)4-5-15(18)19/h6-8,11H,4-5H2,1-3H3,(H,17,20)(H,18,19). The number of carboxylic acids is 1. The Balaban J connectivity index is 2.10. The lowest BCUT2D eigenvalue weighted by atomic mass is 10.1. The van der Waals surface area contributed by atoms with Gasteiger partial charge in [-0.1, -0.05) is 0 Å². The highest BCUT2D eigenvalue weighted by Crippen LogP contribution is 2.23. The molecule has 112 valence electrons. The van der Waals surface area contributed by atoms with Crippen LogP contribution in [-0.2, 0) is 4.79 Å². The third-order valence-corrected chi connectivity index (χ3v) is 3.53.